The van der Waals surface area contributed by atoms with Gasteiger partial charge in [-0.2, -0.15) is 0 Å². The van der Waals surface area contributed by atoms with Gasteiger partial charge >= 0.3 is 0 Å². The Morgan fingerprint density at radius 3 is 2.61 bits per heavy atom. The van der Waals surface area contributed by atoms with Crippen LogP contribution in [0.2, 0.25) is 0 Å². The van der Waals surface area contributed by atoms with E-state index in [0.29, 0.717) is 12.0 Å². The Morgan fingerprint density at radius 2 is 1.87 bits per heavy atom. The first kappa shape index (κ1) is 20.3. The summed E-state index contributed by atoms with van der Waals surface area (Å²) in [7, 11) is 0. The number of carbonyl (C=O) groups excluding carboxylic acids is 1. The summed E-state index contributed by atoms with van der Waals surface area (Å²) >= 11 is 1.78. The number of nitrogens with zero attached hydrogens (tertiary/aromatic N) is 4. The van der Waals surface area contributed by atoms with Crippen molar-refractivity contribution in [3.8, 4) is 0 Å². The molecule has 4 atom stereocenters. The first-order chi connectivity index (χ1) is 15.2. The van der Waals surface area contributed by atoms with Crippen LogP contribution in [0.1, 0.15) is 18.5 Å². The average molecular weight is 434 g/mol. The number of benzene rings is 2. The van der Waals surface area contributed by atoms with Gasteiger partial charge in [0.05, 0.1) is 18.2 Å². The standard InChI is InChI=1S/C24H27N5OS/c30-24(25-19-7-3-1-4-8-19)23-16-28-12-11-18(23)13-21(28)15-29-14-20(26-27-29)17-31-22-9-5-2-6-10-22/h1-10,14,18,21,23H,11-13,15-17H2,(H,25,30)/t18-,21-,23+/m1/s1. The number of hydrogen-bond acceptors (Lipinski definition) is 5. The fraction of sp³-hybridized carbons (Fsp3) is 0.375. The van der Waals surface area contributed by atoms with Gasteiger partial charge in [-0.05, 0) is 49.6 Å². The highest BCUT2D eigenvalue weighted by molar-refractivity contribution is 7.98. The van der Waals surface area contributed by atoms with E-state index in [2.05, 4.69) is 51.0 Å². The molecule has 0 aliphatic carbocycles. The van der Waals surface area contributed by atoms with Crippen molar-refractivity contribution < 1.29 is 4.79 Å². The second-order valence-electron chi connectivity index (χ2n) is 8.43. The third kappa shape index (κ3) is 4.83. The minimum atomic E-state index is 0.0683. The van der Waals surface area contributed by atoms with Crippen LogP contribution in [0, 0.1) is 11.8 Å². The summed E-state index contributed by atoms with van der Waals surface area (Å²) in [5.74, 6) is 1.48. The molecule has 6 rings (SSSR count). The number of carbonyl (C=O) groups is 1. The van der Waals surface area contributed by atoms with Crippen LogP contribution in [0.4, 0.5) is 5.69 Å². The Hall–Kier alpha value is -2.64. The zero-order chi connectivity index (χ0) is 21.0. The van der Waals surface area contributed by atoms with E-state index in [-0.39, 0.29) is 11.8 Å². The first-order valence-electron chi connectivity index (χ1n) is 10.9. The SMILES string of the molecule is O=C(Nc1ccccc1)[C@H]1CN2CC[C@@H]1C[C@@H]2Cn1cc(CSc2ccccc2)nn1. The van der Waals surface area contributed by atoms with Crippen molar-refractivity contribution in [2.24, 2.45) is 11.8 Å². The number of para-hydroxylation sites is 1. The van der Waals surface area contributed by atoms with E-state index >= 15 is 0 Å². The van der Waals surface area contributed by atoms with E-state index in [0.717, 1.165) is 49.6 Å². The maximum absolute atomic E-state index is 12.8. The topological polar surface area (TPSA) is 63.1 Å². The van der Waals surface area contributed by atoms with Crippen molar-refractivity contribution in [2.75, 3.05) is 18.4 Å². The molecule has 3 aliphatic rings. The van der Waals surface area contributed by atoms with Crippen molar-refractivity contribution in [3.05, 3.63) is 72.6 Å². The van der Waals surface area contributed by atoms with Gasteiger partial charge in [0.1, 0.15) is 0 Å². The Morgan fingerprint density at radius 1 is 1.10 bits per heavy atom. The van der Waals surface area contributed by atoms with Crippen LogP contribution >= 0.6 is 11.8 Å². The Labute approximate surface area is 187 Å². The van der Waals surface area contributed by atoms with E-state index in [4.69, 9.17) is 0 Å². The molecule has 0 saturated carbocycles. The molecule has 3 aromatic rings. The second kappa shape index (κ2) is 9.24. The van der Waals surface area contributed by atoms with Gasteiger partial charge in [-0.3, -0.25) is 14.4 Å². The Balaban J connectivity index is 1.15. The van der Waals surface area contributed by atoms with Gasteiger partial charge in [-0.25, -0.2) is 0 Å². The van der Waals surface area contributed by atoms with Crippen molar-refractivity contribution in [1.82, 2.24) is 19.9 Å². The Bertz CT molecular complexity index is 1010. The van der Waals surface area contributed by atoms with E-state index in [1.807, 2.05) is 41.1 Å². The van der Waals surface area contributed by atoms with E-state index in [1.54, 1.807) is 11.8 Å². The lowest BCUT2D eigenvalue weighted by molar-refractivity contribution is -0.127. The number of amides is 1. The van der Waals surface area contributed by atoms with Crippen LogP contribution < -0.4 is 5.32 Å². The monoisotopic (exact) mass is 433 g/mol. The predicted octanol–water partition coefficient (Wildman–Crippen LogP) is 3.92. The lowest BCUT2D eigenvalue weighted by atomic mass is 9.75. The largest absolute Gasteiger partial charge is 0.326 e. The highest BCUT2D eigenvalue weighted by Gasteiger charge is 2.43. The summed E-state index contributed by atoms with van der Waals surface area (Å²) in [6.07, 6.45) is 4.21. The number of piperidine rings is 3. The third-order valence-corrected chi connectivity index (χ3v) is 7.42. The zero-order valence-corrected chi connectivity index (χ0v) is 18.2. The molecule has 2 bridgehead atoms. The van der Waals surface area contributed by atoms with Gasteiger partial charge < -0.3 is 5.32 Å². The normalized spacial score (nSPS) is 24.8. The molecule has 31 heavy (non-hydrogen) atoms. The molecule has 1 amide bonds. The zero-order valence-electron chi connectivity index (χ0n) is 17.4. The average Bonchev–Trinajstić information content (AvgIpc) is 3.27. The van der Waals surface area contributed by atoms with Crippen LogP contribution in [0.5, 0.6) is 0 Å². The summed E-state index contributed by atoms with van der Waals surface area (Å²) in [5.41, 5.74) is 1.88. The number of thioether (sulfide) groups is 1. The molecule has 1 unspecified atom stereocenters. The minimum absolute atomic E-state index is 0.0683. The van der Waals surface area contributed by atoms with Gasteiger partial charge in [0.2, 0.25) is 5.91 Å². The third-order valence-electron chi connectivity index (χ3n) is 6.37. The lowest BCUT2D eigenvalue weighted by Crippen LogP contribution is -2.57. The van der Waals surface area contributed by atoms with E-state index in [1.165, 1.54) is 4.90 Å². The first-order valence-corrected chi connectivity index (χ1v) is 11.9. The van der Waals surface area contributed by atoms with Gasteiger partial charge in [-0.15, -0.1) is 16.9 Å². The minimum Gasteiger partial charge on any atom is -0.326 e. The maximum atomic E-state index is 12.8. The van der Waals surface area contributed by atoms with Gasteiger partial charge in [-0.1, -0.05) is 41.6 Å². The molecule has 160 valence electrons. The fourth-order valence-corrected chi connectivity index (χ4v) is 5.56. The number of aromatic nitrogens is 3. The van der Waals surface area contributed by atoms with Crippen molar-refractivity contribution in [3.63, 3.8) is 0 Å². The fourth-order valence-electron chi connectivity index (χ4n) is 4.77. The smallest absolute Gasteiger partial charge is 0.229 e. The van der Waals surface area contributed by atoms with Crippen LogP contribution in [-0.4, -0.2) is 44.9 Å². The molecule has 7 heteroatoms. The molecule has 1 N–H and O–H groups in total. The molecule has 0 spiro atoms. The summed E-state index contributed by atoms with van der Waals surface area (Å²) in [5, 5.41) is 11.8. The summed E-state index contributed by atoms with van der Waals surface area (Å²) in [6, 6.07) is 20.6. The molecule has 4 heterocycles. The van der Waals surface area contributed by atoms with Gasteiger partial charge in [0, 0.05) is 35.1 Å². The molecule has 0 radical (unpaired) electrons. The lowest BCUT2D eigenvalue weighted by Gasteiger charge is -2.49. The van der Waals surface area contributed by atoms with Crippen molar-refractivity contribution >= 4 is 23.4 Å². The molecular weight excluding hydrogens is 406 g/mol. The summed E-state index contributed by atoms with van der Waals surface area (Å²) < 4.78 is 1.98. The van der Waals surface area contributed by atoms with E-state index in [9.17, 15) is 4.79 Å². The van der Waals surface area contributed by atoms with Crippen LogP contribution in [0.15, 0.2) is 71.8 Å². The number of nitrogens with one attached hydrogen (secondary N) is 1. The Kier molecular flexibility index (Phi) is 6.04. The molecule has 6 nitrogen and oxygen atoms in total. The van der Waals surface area contributed by atoms with Crippen molar-refractivity contribution in [1.29, 1.82) is 0 Å². The predicted molar refractivity (Wildman–Crippen MR) is 123 cm³/mol. The molecule has 1 aromatic heterocycles. The number of hydrogen-bond donors (Lipinski definition) is 1. The van der Waals surface area contributed by atoms with Crippen LogP contribution in [0.3, 0.4) is 0 Å². The van der Waals surface area contributed by atoms with E-state index < -0.39 is 0 Å². The van der Waals surface area contributed by atoms with Crippen LogP contribution in [-0.2, 0) is 17.1 Å². The highest BCUT2D eigenvalue weighted by atomic mass is 32.2. The summed E-state index contributed by atoms with van der Waals surface area (Å²) in [4.78, 5) is 16.6. The maximum Gasteiger partial charge on any atom is 0.229 e. The molecule has 3 aliphatic heterocycles. The second-order valence-corrected chi connectivity index (χ2v) is 9.48. The number of anilines is 1. The van der Waals surface area contributed by atoms with Crippen LogP contribution in [0.25, 0.3) is 0 Å². The molecule has 3 fully saturated rings. The molecule has 2 aromatic carbocycles. The van der Waals surface area contributed by atoms with Gasteiger partial charge in [0.15, 0.2) is 0 Å². The van der Waals surface area contributed by atoms with Crippen molar-refractivity contribution in [2.45, 2.75) is 36.1 Å². The quantitative estimate of drug-likeness (QED) is 0.572. The highest BCUT2D eigenvalue weighted by Crippen LogP contribution is 2.37. The molecular formula is C24H27N5OS. The summed E-state index contributed by atoms with van der Waals surface area (Å²) in [6.45, 7) is 2.74. The number of rotatable bonds is 7. The van der Waals surface area contributed by atoms with Gasteiger partial charge in [0.25, 0.3) is 0 Å². The molecule has 3 saturated heterocycles. The number of fused-ring (bicyclic) bond motifs is 3.